The zero-order valence-corrected chi connectivity index (χ0v) is 20.2. The molecule has 3 aromatic rings. The second-order valence-electron chi connectivity index (χ2n) is 8.81. The molecule has 0 atom stereocenters. The summed E-state index contributed by atoms with van der Waals surface area (Å²) < 4.78 is 0. The molecule has 34 heavy (non-hydrogen) atoms. The summed E-state index contributed by atoms with van der Waals surface area (Å²) in [6.07, 6.45) is 3.76. The first-order chi connectivity index (χ1) is 16.4. The van der Waals surface area contributed by atoms with Crippen molar-refractivity contribution in [3.05, 3.63) is 66.5 Å². The van der Waals surface area contributed by atoms with E-state index in [0.717, 1.165) is 48.8 Å². The van der Waals surface area contributed by atoms with Crippen molar-refractivity contribution >= 4 is 23.2 Å². The Balaban J connectivity index is 1.37. The lowest BCUT2D eigenvalue weighted by molar-refractivity contribution is -0.128. The highest BCUT2D eigenvalue weighted by Gasteiger charge is 2.19. The summed E-state index contributed by atoms with van der Waals surface area (Å²) in [5.74, 6) is 0.680. The molecule has 8 nitrogen and oxygen atoms in total. The molecule has 0 spiro atoms. The summed E-state index contributed by atoms with van der Waals surface area (Å²) >= 11 is 0. The van der Waals surface area contributed by atoms with Crippen LogP contribution in [0.4, 0.5) is 17.3 Å². The number of likely N-dealkylation sites (N-methyl/N-ethyl adjacent to an activating group) is 1. The molecule has 1 amide bonds. The van der Waals surface area contributed by atoms with Crippen LogP contribution in [0.15, 0.2) is 60.9 Å². The van der Waals surface area contributed by atoms with Gasteiger partial charge in [-0.3, -0.25) is 4.79 Å². The van der Waals surface area contributed by atoms with Crippen LogP contribution in [0, 0.1) is 0 Å². The van der Waals surface area contributed by atoms with Crippen molar-refractivity contribution in [2.75, 3.05) is 68.6 Å². The highest BCUT2D eigenvalue weighted by Crippen LogP contribution is 2.24. The summed E-state index contributed by atoms with van der Waals surface area (Å²) in [4.78, 5) is 29.5. The number of aromatic nitrogens is 2. The maximum absolute atomic E-state index is 11.8. The molecule has 2 N–H and O–H groups in total. The van der Waals surface area contributed by atoms with Gasteiger partial charge in [-0.25, -0.2) is 9.97 Å². The van der Waals surface area contributed by atoms with E-state index in [1.807, 2.05) is 30.6 Å². The van der Waals surface area contributed by atoms with Gasteiger partial charge in [0, 0.05) is 83.2 Å². The Morgan fingerprint density at radius 2 is 1.56 bits per heavy atom. The lowest BCUT2D eigenvalue weighted by Crippen LogP contribution is -2.47. The maximum atomic E-state index is 11.8. The highest BCUT2D eigenvalue weighted by molar-refractivity contribution is 5.77. The van der Waals surface area contributed by atoms with Crippen molar-refractivity contribution in [1.29, 1.82) is 0 Å². The molecular weight excluding hydrogens is 426 g/mol. The SMILES string of the molecule is CN(Cc1cccc(-c2cnc(N3CCN(c4ccc(N(C)C)cc4)CC3)nc2)c1)C(=O)CN. The van der Waals surface area contributed by atoms with Crippen LogP contribution < -0.4 is 20.4 Å². The Bertz CT molecular complexity index is 1090. The van der Waals surface area contributed by atoms with Gasteiger partial charge in [0.15, 0.2) is 0 Å². The number of benzene rings is 2. The van der Waals surface area contributed by atoms with Gasteiger partial charge in [0.25, 0.3) is 0 Å². The van der Waals surface area contributed by atoms with E-state index in [1.165, 1.54) is 11.4 Å². The van der Waals surface area contributed by atoms with Gasteiger partial charge in [0.2, 0.25) is 11.9 Å². The first-order valence-electron chi connectivity index (χ1n) is 11.6. The fraction of sp³-hybridized carbons (Fsp3) is 0.346. The number of amides is 1. The molecule has 0 bridgehead atoms. The minimum atomic E-state index is -0.0798. The van der Waals surface area contributed by atoms with Crippen LogP contribution in [-0.4, -0.2) is 74.6 Å². The Morgan fingerprint density at radius 1 is 0.912 bits per heavy atom. The average molecular weight is 460 g/mol. The fourth-order valence-corrected chi connectivity index (χ4v) is 4.13. The first-order valence-corrected chi connectivity index (χ1v) is 11.6. The molecule has 0 radical (unpaired) electrons. The Labute approximate surface area is 201 Å². The van der Waals surface area contributed by atoms with Gasteiger partial charge in [-0.2, -0.15) is 0 Å². The van der Waals surface area contributed by atoms with E-state index in [-0.39, 0.29) is 12.5 Å². The number of piperazine rings is 1. The van der Waals surface area contributed by atoms with Crippen LogP contribution in [0.1, 0.15) is 5.56 Å². The number of nitrogens with two attached hydrogens (primary N) is 1. The van der Waals surface area contributed by atoms with Gasteiger partial charge in [-0.1, -0.05) is 18.2 Å². The van der Waals surface area contributed by atoms with Gasteiger partial charge in [-0.15, -0.1) is 0 Å². The molecule has 0 aliphatic carbocycles. The molecule has 2 heterocycles. The van der Waals surface area contributed by atoms with Gasteiger partial charge in [0.05, 0.1) is 6.54 Å². The molecular formula is C26H33N7O. The minimum absolute atomic E-state index is 0.0164. The van der Waals surface area contributed by atoms with Crippen LogP contribution in [0.3, 0.4) is 0 Å². The highest BCUT2D eigenvalue weighted by atomic mass is 16.2. The van der Waals surface area contributed by atoms with E-state index < -0.39 is 0 Å². The largest absolute Gasteiger partial charge is 0.378 e. The molecule has 178 valence electrons. The smallest absolute Gasteiger partial charge is 0.236 e. The van der Waals surface area contributed by atoms with Crippen molar-refractivity contribution in [3.63, 3.8) is 0 Å². The third-order valence-corrected chi connectivity index (χ3v) is 6.21. The number of rotatable bonds is 7. The molecule has 1 aliphatic heterocycles. The molecule has 2 aromatic carbocycles. The number of hydrogen-bond donors (Lipinski definition) is 1. The zero-order valence-electron chi connectivity index (χ0n) is 20.2. The lowest BCUT2D eigenvalue weighted by atomic mass is 10.1. The van der Waals surface area contributed by atoms with E-state index in [9.17, 15) is 4.79 Å². The topological polar surface area (TPSA) is 81.8 Å². The van der Waals surface area contributed by atoms with Gasteiger partial charge in [-0.05, 0) is 41.5 Å². The van der Waals surface area contributed by atoms with Crippen molar-refractivity contribution in [2.45, 2.75) is 6.54 Å². The van der Waals surface area contributed by atoms with Crippen LogP contribution in [-0.2, 0) is 11.3 Å². The molecule has 4 rings (SSSR count). The van der Waals surface area contributed by atoms with Gasteiger partial charge >= 0.3 is 0 Å². The molecule has 1 saturated heterocycles. The lowest BCUT2D eigenvalue weighted by Gasteiger charge is -2.36. The second kappa shape index (κ2) is 10.5. The molecule has 0 saturated carbocycles. The standard InChI is InChI=1S/C26H33N7O/c1-30(2)23-7-9-24(10-8-23)32-11-13-33(14-12-32)26-28-17-22(18-29-26)21-6-4-5-20(15-21)19-31(3)25(34)16-27/h4-10,15,17-18H,11-14,16,19,27H2,1-3H3. The third-order valence-electron chi connectivity index (χ3n) is 6.21. The molecule has 1 aromatic heterocycles. The summed E-state index contributed by atoms with van der Waals surface area (Å²) in [7, 11) is 5.87. The van der Waals surface area contributed by atoms with E-state index in [4.69, 9.17) is 5.73 Å². The summed E-state index contributed by atoms with van der Waals surface area (Å²) in [6, 6.07) is 16.8. The Kier molecular flexibility index (Phi) is 7.27. The quantitative estimate of drug-likeness (QED) is 0.581. The predicted molar refractivity (Wildman–Crippen MR) is 138 cm³/mol. The Hall–Kier alpha value is -3.65. The number of carbonyl (C=O) groups is 1. The normalized spacial score (nSPS) is 13.6. The predicted octanol–water partition coefficient (Wildman–Crippen LogP) is 2.45. The van der Waals surface area contributed by atoms with E-state index in [1.54, 1.807) is 11.9 Å². The van der Waals surface area contributed by atoms with E-state index in [2.05, 4.69) is 69.1 Å². The number of nitrogens with zero attached hydrogens (tertiary/aromatic N) is 6. The molecule has 1 aliphatic rings. The van der Waals surface area contributed by atoms with E-state index >= 15 is 0 Å². The van der Waals surface area contributed by atoms with Crippen molar-refractivity contribution in [3.8, 4) is 11.1 Å². The van der Waals surface area contributed by atoms with Crippen molar-refractivity contribution in [1.82, 2.24) is 14.9 Å². The fourth-order valence-electron chi connectivity index (χ4n) is 4.13. The molecule has 1 fully saturated rings. The molecule has 8 heteroatoms. The second-order valence-corrected chi connectivity index (χ2v) is 8.81. The van der Waals surface area contributed by atoms with Crippen molar-refractivity contribution < 1.29 is 4.79 Å². The maximum Gasteiger partial charge on any atom is 0.236 e. The number of hydrogen-bond acceptors (Lipinski definition) is 7. The van der Waals surface area contributed by atoms with Gasteiger partial charge in [0.1, 0.15) is 0 Å². The monoisotopic (exact) mass is 459 g/mol. The first kappa shape index (κ1) is 23.5. The summed E-state index contributed by atoms with van der Waals surface area (Å²) in [5, 5.41) is 0. The summed E-state index contributed by atoms with van der Waals surface area (Å²) in [5.41, 5.74) is 10.9. The number of anilines is 3. The van der Waals surface area contributed by atoms with Crippen LogP contribution in [0.2, 0.25) is 0 Å². The third kappa shape index (κ3) is 5.46. The summed E-state index contributed by atoms with van der Waals surface area (Å²) in [6.45, 7) is 4.16. The Morgan fingerprint density at radius 3 is 2.18 bits per heavy atom. The molecule has 0 unspecified atom stereocenters. The van der Waals surface area contributed by atoms with Crippen LogP contribution in [0.25, 0.3) is 11.1 Å². The van der Waals surface area contributed by atoms with Gasteiger partial charge < -0.3 is 25.3 Å². The average Bonchev–Trinajstić information content (AvgIpc) is 2.88. The van der Waals surface area contributed by atoms with Crippen molar-refractivity contribution in [2.24, 2.45) is 5.73 Å². The van der Waals surface area contributed by atoms with Crippen LogP contribution >= 0.6 is 0 Å². The van der Waals surface area contributed by atoms with Crippen LogP contribution in [0.5, 0.6) is 0 Å². The van der Waals surface area contributed by atoms with E-state index in [0.29, 0.717) is 6.54 Å². The minimum Gasteiger partial charge on any atom is -0.378 e. The zero-order chi connectivity index (χ0) is 24.1. The number of carbonyl (C=O) groups excluding carboxylic acids is 1.